The van der Waals surface area contributed by atoms with Crippen molar-refractivity contribution in [3.05, 3.63) is 94.4 Å². The van der Waals surface area contributed by atoms with Crippen LogP contribution in [0.25, 0.3) is 27.8 Å². The second-order valence-corrected chi connectivity index (χ2v) is 10.1. The van der Waals surface area contributed by atoms with Crippen molar-refractivity contribution < 1.29 is 29.3 Å². The van der Waals surface area contributed by atoms with E-state index in [2.05, 4.69) is 25.4 Å². The summed E-state index contributed by atoms with van der Waals surface area (Å²) in [6, 6.07) is 10.2. The number of aliphatic hydroxyl groups is 1. The molecule has 45 heavy (non-hydrogen) atoms. The molecular formula is C30H27FN8O6. The van der Waals surface area contributed by atoms with Gasteiger partial charge in [-0.1, -0.05) is 18.2 Å². The lowest BCUT2D eigenvalue weighted by molar-refractivity contribution is -0.134. The Balaban J connectivity index is 0.000000444. The smallest absolute Gasteiger partial charge is 0.328 e. The molecule has 5 aromatic rings. The maximum atomic E-state index is 15.1. The molecule has 0 unspecified atom stereocenters. The third-order valence-electron chi connectivity index (χ3n) is 6.82. The number of fused-ring (bicyclic) bond motifs is 1. The van der Waals surface area contributed by atoms with E-state index in [-0.39, 0.29) is 23.1 Å². The topological polar surface area (TPSA) is 211 Å². The van der Waals surface area contributed by atoms with Crippen LogP contribution in [0.1, 0.15) is 29.9 Å². The molecule has 230 valence electrons. The minimum Gasteiger partial charge on any atom is -0.478 e. The van der Waals surface area contributed by atoms with E-state index in [1.165, 1.54) is 10.6 Å². The zero-order valence-corrected chi connectivity index (χ0v) is 23.8. The molecule has 2 aromatic carbocycles. The van der Waals surface area contributed by atoms with E-state index in [0.29, 0.717) is 46.0 Å². The summed E-state index contributed by atoms with van der Waals surface area (Å²) >= 11 is 0. The van der Waals surface area contributed by atoms with Crippen molar-refractivity contribution >= 4 is 40.3 Å². The van der Waals surface area contributed by atoms with Gasteiger partial charge in [-0.15, -0.1) is 0 Å². The molecular weight excluding hydrogens is 587 g/mol. The van der Waals surface area contributed by atoms with E-state index in [9.17, 15) is 19.5 Å². The third-order valence-corrected chi connectivity index (χ3v) is 6.82. The lowest BCUT2D eigenvalue weighted by Gasteiger charge is -2.16. The number of aliphatic carboxylic acids is 2. The number of nitrogens with two attached hydrogens (primary N) is 1. The molecule has 0 amide bonds. The Morgan fingerprint density at radius 2 is 1.84 bits per heavy atom. The van der Waals surface area contributed by atoms with Crippen molar-refractivity contribution in [3.63, 3.8) is 0 Å². The van der Waals surface area contributed by atoms with Crippen LogP contribution in [0.3, 0.4) is 0 Å². The predicted molar refractivity (Wildman–Crippen MR) is 162 cm³/mol. The van der Waals surface area contributed by atoms with Gasteiger partial charge in [0, 0.05) is 42.7 Å². The highest BCUT2D eigenvalue weighted by Crippen LogP contribution is 2.41. The average Bonchev–Trinajstić information content (AvgIpc) is 3.77. The zero-order valence-electron chi connectivity index (χ0n) is 23.8. The normalized spacial score (nSPS) is 12.6. The number of carbonyl (C=O) groups is 2. The number of pyridine rings is 1. The van der Waals surface area contributed by atoms with Crippen LogP contribution in [0.2, 0.25) is 0 Å². The van der Waals surface area contributed by atoms with Gasteiger partial charge in [-0.2, -0.15) is 20.1 Å². The molecule has 6 rings (SSSR count). The van der Waals surface area contributed by atoms with Crippen LogP contribution in [-0.4, -0.2) is 56.6 Å². The van der Waals surface area contributed by atoms with Gasteiger partial charge >= 0.3 is 11.9 Å². The summed E-state index contributed by atoms with van der Waals surface area (Å²) < 4.78 is 18.0. The van der Waals surface area contributed by atoms with Gasteiger partial charge < -0.3 is 26.4 Å². The zero-order chi connectivity index (χ0) is 32.2. The fourth-order valence-corrected chi connectivity index (χ4v) is 4.69. The number of hydrogen-bond acceptors (Lipinski definition) is 10. The molecule has 0 saturated heterocycles. The van der Waals surface area contributed by atoms with Crippen molar-refractivity contribution in [2.45, 2.75) is 25.4 Å². The van der Waals surface area contributed by atoms with E-state index < -0.39 is 29.9 Å². The van der Waals surface area contributed by atoms with Crippen molar-refractivity contribution in [1.82, 2.24) is 29.3 Å². The molecule has 0 aliphatic heterocycles. The number of aliphatic hydroxyl groups excluding tert-OH is 1. The molecule has 0 atom stereocenters. The number of nitrogens with one attached hydrogen (secondary N) is 1. The number of anilines is 3. The fraction of sp³-hybridized carbons (Fsp3) is 0.167. The number of nitrogens with zero attached hydrogens (tertiary/aromatic N) is 6. The van der Waals surface area contributed by atoms with Gasteiger partial charge in [-0.25, -0.2) is 14.0 Å². The molecule has 1 saturated carbocycles. The van der Waals surface area contributed by atoms with Crippen LogP contribution in [0, 0.1) is 5.82 Å². The Bertz CT molecular complexity index is 2000. The summed E-state index contributed by atoms with van der Waals surface area (Å²) in [5.41, 5.74) is 8.25. The van der Waals surface area contributed by atoms with Gasteiger partial charge in [-0.05, 0) is 47.9 Å². The molecule has 0 spiro atoms. The second kappa shape index (κ2) is 12.7. The van der Waals surface area contributed by atoms with Crippen LogP contribution >= 0.6 is 0 Å². The number of aryl methyl sites for hydroxylation is 1. The van der Waals surface area contributed by atoms with Crippen LogP contribution in [0.5, 0.6) is 0 Å². The summed E-state index contributed by atoms with van der Waals surface area (Å²) in [7, 11) is 1.78. The molecule has 14 nitrogen and oxygen atoms in total. The van der Waals surface area contributed by atoms with Gasteiger partial charge in [0.25, 0.3) is 5.56 Å². The molecule has 1 aliphatic rings. The van der Waals surface area contributed by atoms with E-state index in [4.69, 9.17) is 15.9 Å². The van der Waals surface area contributed by atoms with E-state index in [1.54, 1.807) is 54.6 Å². The Hall–Kier alpha value is -5.96. The number of halogens is 1. The maximum Gasteiger partial charge on any atom is 0.328 e. The number of carboxylic acid groups (broad SMARTS) is 2. The van der Waals surface area contributed by atoms with Gasteiger partial charge in [0.05, 0.1) is 29.6 Å². The molecule has 0 radical (unpaired) electrons. The highest BCUT2D eigenvalue weighted by atomic mass is 19.1. The first-order valence-electron chi connectivity index (χ1n) is 13.5. The first-order valence-corrected chi connectivity index (χ1v) is 13.5. The van der Waals surface area contributed by atoms with E-state index >= 15 is 4.39 Å². The van der Waals surface area contributed by atoms with E-state index in [1.807, 2.05) is 6.07 Å². The largest absolute Gasteiger partial charge is 0.478 e. The van der Waals surface area contributed by atoms with Crippen LogP contribution < -0.4 is 16.6 Å². The summed E-state index contributed by atoms with van der Waals surface area (Å²) in [5, 5.41) is 33.7. The number of benzene rings is 2. The molecule has 1 aliphatic carbocycles. The molecule has 3 heterocycles. The molecule has 3 aromatic heterocycles. The van der Waals surface area contributed by atoms with Crippen LogP contribution in [0.4, 0.5) is 22.0 Å². The molecule has 6 N–H and O–H groups in total. The van der Waals surface area contributed by atoms with Crippen molar-refractivity contribution in [1.29, 1.82) is 0 Å². The Morgan fingerprint density at radius 1 is 1.11 bits per heavy atom. The number of rotatable bonds is 8. The monoisotopic (exact) mass is 614 g/mol. The Morgan fingerprint density at radius 3 is 2.47 bits per heavy atom. The first kappa shape index (κ1) is 30.5. The lowest BCUT2D eigenvalue weighted by Crippen LogP contribution is -2.20. The SMILES string of the molecule is Cn1cc(Nc2nc(N)nc(-c3cccc(-n4ccc5cc(C6CC6)cc(F)c5c4=O)c3CO)n2)cn1.O=C(O)C=CC(=O)O. The van der Waals surface area contributed by atoms with Gasteiger partial charge in [-0.3, -0.25) is 14.0 Å². The Labute approximate surface area is 253 Å². The number of carboxylic acids is 2. The minimum atomic E-state index is -1.26. The lowest BCUT2D eigenvalue weighted by atomic mass is 10.0. The highest BCUT2D eigenvalue weighted by molar-refractivity contribution is 5.89. The highest BCUT2D eigenvalue weighted by Gasteiger charge is 2.25. The summed E-state index contributed by atoms with van der Waals surface area (Å²) in [6.07, 6.45) is 8.14. The predicted octanol–water partition coefficient (Wildman–Crippen LogP) is 3.12. The summed E-state index contributed by atoms with van der Waals surface area (Å²) in [4.78, 5) is 45.4. The van der Waals surface area contributed by atoms with E-state index in [0.717, 1.165) is 18.4 Å². The van der Waals surface area contributed by atoms with Gasteiger partial charge in [0.2, 0.25) is 11.9 Å². The fourth-order valence-electron chi connectivity index (χ4n) is 4.69. The standard InChI is InChI=1S/C26H23FN8O2.C4H4O4/c1-34-12-17(11-29-34)30-26-32-23(31-25(28)33-26)18-3-2-4-21(19(18)13-36)35-8-7-15-9-16(14-5-6-14)10-20(27)22(15)24(35)37;5-3(6)1-2-4(7)8/h2-4,7-12,14,36H,5-6,13H2,1H3,(H3,28,30,31,32,33);1-2H,(H,5,6)(H,7,8). The Kier molecular flexibility index (Phi) is 8.62. The number of nitrogen functional groups attached to an aromatic ring is 1. The molecule has 15 heteroatoms. The maximum absolute atomic E-state index is 15.1. The second-order valence-electron chi connectivity index (χ2n) is 10.1. The first-order chi connectivity index (χ1) is 21.5. The van der Waals surface area contributed by atoms with Crippen molar-refractivity contribution in [3.8, 4) is 17.1 Å². The summed E-state index contributed by atoms with van der Waals surface area (Å²) in [6.45, 7) is -0.421. The number of hydrogen-bond donors (Lipinski definition) is 5. The molecule has 1 fully saturated rings. The van der Waals surface area contributed by atoms with Crippen LogP contribution in [0.15, 0.2) is 71.9 Å². The average molecular weight is 615 g/mol. The summed E-state index contributed by atoms with van der Waals surface area (Å²) in [5.74, 6) is -2.32. The van der Waals surface area contributed by atoms with Gasteiger partial charge in [0.1, 0.15) is 5.82 Å². The molecule has 0 bridgehead atoms. The van der Waals surface area contributed by atoms with Crippen LogP contribution in [-0.2, 0) is 23.2 Å². The number of aromatic nitrogens is 6. The van der Waals surface area contributed by atoms with Crippen molar-refractivity contribution in [2.24, 2.45) is 7.05 Å². The quantitative estimate of drug-likeness (QED) is 0.160. The van der Waals surface area contributed by atoms with Crippen molar-refractivity contribution in [2.75, 3.05) is 11.1 Å². The minimum absolute atomic E-state index is 0.00792. The third kappa shape index (κ3) is 7.00. The van der Waals surface area contributed by atoms with Gasteiger partial charge in [0.15, 0.2) is 5.82 Å².